The lowest BCUT2D eigenvalue weighted by Gasteiger charge is -2.19. The highest BCUT2D eigenvalue weighted by atomic mass is 32.1. The van der Waals surface area contributed by atoms with Crippen molar-refractivity contribution < 1.29 is 9.53 Å². The summed E-state index contributed by atoms with van der Waals surface area (Å²) in [6.07, 6.45) is 0. The van der Waals surface area contributed by atoms with Gasteiger partial charge >= 0.3 is 5.97 Å². The van der Waals surface area contributed by atoms with Gasteiger partial charge in [0.25, 0.3) is 5.56 Å². The zero-order chi connectivity index (χ0) is 19.0. The predicted molar refractivity (Wildman–Crippen MR) is 104 cm³/mol. The molecule has 136 valence electrons. The zero-order valence-corrected chi connectivity index (χ0v) is 16.3. The van der Waals surface area contributed by atoms with Gasteiger partial charge in [-0.1, -0.05) is 6.07 Å². The molecular formula is C19H21N3O3S. The van der Waals surface area contributed by atoms with E-state index in [-0.39, 0.29) is 5.56 Å². The average molecular weight is 371 g/mol. The molecule has 0 aliphatic rings. The van der Waals surface area contributed by atoms with E-state index in [4.69, 9.17) is 4.74 Å². The average Bonchev–Trinajstić information content (AvgIpc) is 2.90. The largest absolute Gasteiger partial charge is 0.465 e. The highest BCUT2D eigenvalue weighted by Crippen LogP contribution is 2.28. The number of thiophene rings is 1. The minimum Gasteiger partial charge on any atom is -0.465 e. The zero-order valence-electron chi connectivity index (χ0n) is 15.5. The number of fused-ring (bicyclic) bond motifs is 1. The molecule has 0 amide bonds. The van der Waals surface area contributed by atoms with E-state index in [1.54, 1.807) is 6.92 Å². The van der Waals surface area contributed by atoms with Crippen LogP contribution in [0.15, 0.2) is 23.0 Å². The first kappa shape index (κ1) is 18.1. The molecule has 0 aliphatic heterocycles. The first-order chi connectivity index (χ1) is 12.3. The summed E-state index contributed by atoms with van der Waals surface area (Å²) >= 11 is 1.19. The van der Waals surface area contributed by atoms with E-state index < -0.39 is 5.97 Å². The summed E-state index contributed by atoms with van der Waals surface area (Å²) in [5, 5.41) is 0.452. The fourth-order valence-electron chi connectivity index (χ4n) is 3.04. The Morgan fingerprint density at radius 2 is 1.88 bits per heavy atom. The molecule has 0 unspecified atom stereocenters. The van der Waals surface area contributed by atoms with Crippen molar-refractivity contribution in [1.82, 2.24) is 9.97 Å². The van der Waals surface area contributed by atoms with Crippen LogP contribution in [0.5, 0.6) is 0 Å². The number of anilines is 1. The molecule has 3 aromatic rings. The van der Waals surface area contributed by atoms with Gasteiger partial charge in [0.1, 0.15) is 15.5 Å². The molecule has 0 bridgehead atoms. The van der Waals surface area contributed by atoms with Gasteiger partial charge in [0.05, 0.1) is 19.0 Å². The number of carbonyl (C=O) groups excluding carboxylic acids is 1. The van der Waals surface area contributed by atoms with E-state index in [0.29, 0.717) is 33.0 Å². The van der Waals surface area contributed by atoms with Gasteiger partial charge in [-0.3, -0.25) is 4.79 Å². The third kappa shape index (κ3) is 3.35. The number of hydrogen-bond acceptors (Lipinski definition) is 6. The molecular weight excluding hydrogens is 350 g/mol. The number of H-pyrrole nitrogens is 1. The fraction of sp³-hybridized carbons (Fsp3) is 0.316. The number of rotatable bonds is 4. The van der Waals surface area contributed by atoms with Gasteiger partial charge in [-0.25, -0.2) is 9.78 Å². The molecule has 26 heavy (non-hydrogen) atoms. The molecule has 3 rings (SSSR count). The molecule has 0 spiro atoms. The summed E-state index contributed by atoms with van der Waals surface area (Å²) in [7, 11) is 3.28. The Kier molecular flexibility index (Phi) is 4.82. The molecule has 2 aromatic heterocycles. The van der Waals surface area contributed by atoms with Crippen LogP contribution < -0.4 is 10.5 Å². The van der Waals surface area contributed by atoms with E-state index in [9.17, 15) is 9.59 Å². The van der Waals surface area contributed by atoms with E-state index >= 15 is 0 Å². The SMILES string of the molecule is COC(=O)c1sc2nc(CN(C)c3cc(C)cc(C)c3)[nH]c(=O)c2c1C. The number of esters is 1. The Morgan fingerprint density at radius 1 is 1.23 bits per heavy atom. The molecule has 2 heterocycles. The lowest BCUT2D eigenvalue weighted by Crippen LogP contribution is -2.21. The van der Waals surface area contributed by atoms with Crippen molar-refractivity contribution in [2.24, 2.45) is 0 Å². The quantitative estimate of drug-likeness (QED) is 0.712. The van der Waals surface area contributed by atoms with Crippen LogP contribution in [0.3, 0.4) is 0 Å². The number of nitrogens with zero attached hydrogens (tertiary/aromatic N) is 2. The molecule has 1 N–H and O–H groups in total. The van der Waals surface area contributed by atoms with Gasteiger partial charge in [-0.05, 0) is 49.6 Å². The smallest absolute Gasteiger partial charge is 0.348 e. The van der Waals surface area contributed by atoms with Crippen LogP contribution in [0.1, 0.15) is 32.2 Å². The van der Waals surface area contributed by atoms with Gasteiger partial charge in [-0.2, -0.15) is 0 Å². The van der Waals surface area contributed by atoms with Crippen LogP contribution >= 0.6 is 11.3 Å². The molecule has 0 aliphatic carbocycles. The number of ether oxygens (including phenoxy) is 1. The highest BCUT2D eigenvalue weighted by molar-refractivity contribution is 7.20. The third-order valence-electron chi connectivity index (χ3n) is 4.25. The van der Waals surface area contributed by atoms with E-state index in [2.05, 4.69) is 42.0 Å². The van der Waals surface area contributed by atoms with Gasteiger partial charge in [0.15, 0.2) is 0 Å². The van der Waals surface area contributed by atoms with Crippen molar-refractivity contribution >= 4 is 33.2 Å². The summed E-state index contributed by atoms with van der Waals surface area (Å²) in [4.78, 5) is 34.8. The van der Waals surface area contributed by atoms with E-state index in [1.807, 2.05) is 11.9 Å². The van der Waals surface area contributed by atoms with Gasteiger partial charge in [-0.15, -0.1) is 11.3 Å². The van der Waals surface area contributed by atoms with Gasteiger partial charge < -0.3 is 14.6 Å². The number of benzene rings is 1. The Balaban J connectivity index is 1.98. The second-order valence-electron chi connectivity index (χ2n) is 6.44. The summed E-state index contributed by atoms with van der Waals surface area (Å²) in [5.74, 6) is 0.112. The molecule has 0 saturated carbocycles. The molecule has 7 heteroatoms. The second-order valence-corrected chi connectivity index (χ2v) is 7.44. The molecule has 6 nitrogen and oxygen atoms in total. The van der Waals surface area contributed by atoms with Crippen molar-refractivity contribution in [3.63, 3.8) is 0 Å². The van der Waals surface area contributed by atoms with Crippen LogP contribution in [0.25, 0.3) is 10.2 Å². The van der Waals surface area contributed by atoms with Crippen LogP contribution in [0.2, 0.25) is 0 Å². The topological polar surface area (TPSA) is 75.3 Å². The number of nitrogens with one attached hydrogen (secondary N) is 1. The van der Waals surface area contributed by atoms with Crippen LogP contribution in [0, 0.1) is 20.8 Å². The Morgan fingerprint density at radius 3 is 2.50 bits per heavy atom. The number of aromatic nitrogens is 2. The summed E-state index contributed by atoms with van der Waals surface area (Å²) in [6, 6.07) is 6.30. The first-order valence-electron chi connectivity index (χ1n) is 8.20. The minimum absolute atomic E-state index is 0.234. The molecule has 1 aromatic carbocycles. The maximum Gasteiger partial charge on any atom is 0.348 e. The van der Waals surface area contributed by atoms with Crippen molar-refractivity contribution in [2.75, 3.05) is 19.1 Å². The second kappa shape index (κ2) is 6.92. The molecule has 0 radical (unpaired) electrons. The van der Waals surface area contributed by atoms with Crippen molar-refractivity contribution in [3.05, 3.63) is 55.9 Å². The van der Waals surface area contributed by atoms with Crippen molar-refractivity contribution in [1.29, 1.82) is 0 Å². The van der Waals surface area contributed by atoms with Crippen LogP contribution in [0.4, 0.5) is 5.69 Å². The van der Waals surface area contributed by atoms with Crippen LogP contribution in [-0.4, -0.2) is 30.1 Å². The monoisotopic (exact) mass is 371 g/mol. The molecule has 0 fully saturated rings. The normalized spacial score (nSPS) is 11.0. The summed E-state index contributed by atoms with van der Waals surface area (Å²) in [6.45, 7) is 6.31. The molecule has 0 atom stereocenters. The third-order valence-corrected chi connectivity index (χ3v) is 5.42. The maximum absolute atomic E-state index is 12.5. The number of methoxy groups -OCH3 is 1. The number of aromatic amines is 1. The van der Waals surface area contributed by atoms with Gasteiger partial charge in [0.2, 0.25) is 0 Å². The lowest BCUT2D eigenvalue weighted by molar-refractivity contribution is 0.0605. The minimum atomic E-state index is -0.446. The standard InChI is InChI=1S/C19H21N3O3S/c1-10-6-11(2)8-13(7-10)22(4)9-14-20-17(23)15-12(3)16(19(24)25-5)26-18(15)21-14/h6-8H,9H2,1-5H3,(H,20,21,23). The Bertz CT molecular complexity index is 1030. The lowest BCUT2D eigenvalue weighted by atomic mass is 10.1. The highest BCUT2D eigenvalue weighted by Gasteiger charge is 2.20. The van der Waals surface area contributed by atoms with Crippen molar-refractivity contribution in [2.45, 2.75) is 27.3 Å². The number of aryl methyl sites for hydroxylation is 3. The Hall–Kier alpha value is -2.67. The summed E-state index contributed by atoms with van der Waals surface area (Å²) < 4.78 is 4.78. The van der Waals surface area contributed by atoms with Crippen LogP contribution in [-0.2, 0) is 11.3 Å². The fourth-order valence-corrected chi connectivity index (χ4v) is 4.16. The summed E-state index contributed by atoms with van der Waals surface area (Å²) in [5.41, 5.74) is 3.80. The van der Waals surface area contributed by atoms with Gasteiger partial charge in [0, 0.05) is 12.7 Å². The number of hydrogen-bond donors (Lipinski definition) is 1. The first-order valence-corrected chi connectivity index (χ1v) is 9.02. The number of carbonyl (C=O) groups is 1. The predicted octanol–water partition coefficient (Wildman–Crippen LogP) is 3.33. The van der Waals surface area contributed by atoms with E-state index in [0.717, 1.165) is 5.69 Å². The van der Waals surface area contributed by atoms with Crippen molar-refractivity contribution in [3.8, 4) is 0 Å². The molecule has 0 saturated heterocycles. The van der Waals surface area contributed by atoms with E-state index in [1.165, 1.54) is 29.6 Å². The Labute approximate surface area is 155 Å². The maximum atomic E-state index is 12.5.